The summed E-state index contributed by atoms with van der Waals surface area (Å²) < 4.78 is 57.5. The van der Waals surface area contributed by atoms with Gasteiger partial charge in [-0.2, -0.15) is 13.2 Å². The van der Waals surface area contributed by atoms with Gasteiger partial charge in [-0.3, -0.25) is 5.32 Å². The standard InChI is InChI=1S/C17H16F4N2O2/c1-16(2,3)25-15(24)23-14-8-10(6-7-22-14)12-9-11(17(19,20)21)4-5-13(12)18/h4-9H,1-3H3,(H,22,23,24). The smallest absolute Gasteiger partial charge is 0.416 e. The lowest BCUT2D eigenvalue weighted by molar-refractivity contribution is -0.137. The van der Waals surface area contributed by atoms with Crippen LogP contribution in [0.4, 0.5) is 28.2 Å². The van der Waals surface area contributed by atoms with Crippen LogP contribution in [0.25, 0.3) is 11.1 Å². The number of hydrogen-bond donors (Lipinski definition) is 1. The van der Waals surface area contributed by atoms with E-state index >= 15 is 0 Å². The van der Waals surface area contributed by atoms with Crippen molar-refractivity contribution in [2.24, 2.45) is 0 Å². The Balaban J connectivity index is 2.32. The number of alkyl halides is 3. The molecule has 134 valence electrons. The van der Waals surface area contributed by atoms with Crippen LogP contribution in [-0.4, -0.2) is 16.7 Å². The number of pyridine rings is 1. The zero-order chi connectivity index (χ0) is 18.8. The molecule has 4 nitrogen and oxygen atoms in total. The zero-order valence-electron chi connectivity index (χ0n) is 13.7. The molecule has 2 aromatic rings. The highest BCUT2D eigenvalue weighted by molar-refractivity contribution is 5.84. The van der Waals surface area contributed by atoms with E-state index in [9.17, 15) is 22.4 Å². The second-order valence-electron chi connectivity index (χ2n) is 6.25. The fraction of sp³-hybridized carbons (Fsp3) is 0.294. The monoisotopic (exact) mass is 356 g/mol. The number of ether oxygens (including phenoxy) is 1. The number of amides is 1. The molecule has 25 heavy (non-hydrogen) atoms. The van der Waals surface area contributed by atoms with Gasteiger partial charge in [0.05, 0.1) is 5.56 Å². The first-order valence-corrected chi connectivity index (χ1v) is 7.29. The Morgan fingerprint density at radius 3 is 2.40 bits per heavy atom. The molecule has 0 bridgehead atoms. The Kier molecular flexibility index (Phi) is 5.01. The Morgan fingerprint density at radius 1 is 1.12 bits per heavy atom. The van der Waals surface area contributed by atoms with Crippen LogP contribution in [0, 0.1) is 5.82 Å². The Labute approximate surface area is 141 Å². The van der Waals surface area contributed by atoms with Crippen molar-refractivity contribution >= 4 is 11.9 Å². The molecule has 1 aromatic heterocycles. The molecular formula is C17H16F4N2O2. The summed E-state index contributed by atoms with van der Waals surface area (Å²) in [7, 11) is 0. The predicted octanol–water partition coefficient (Wildman–Crippen LogP) is 5.25. The molecule has 0 saturated carbocycles. The molecule has 0 unspecified atom stereocenters. The average Bonchev–Trinajstić information content (AvgIpc) is 2.44. The minimum atomic E-state index is -4.59. The van der Waals surface area contributed by atoms with Crippen molar-refractivity contribution in [3.63, 3.8) is 0 Å². The van der Waals surface area contributed by atoms with Crippen molar-refractivity contribution in [3.05, 3.63) is 47.9 Å². The minimum absolute atomic E-state index is 0.0311. The molecule has 0 saturated heterocycles. The van der Waals surface area contributed by atoms with Crippen LogP contribution in [0.3, 0.4) is 0 Å². The molecule has 0 atom stereocenters. The van der Waals surface area contributed by atoms with Gasteiger partial charge in [0.15, 0.2) is 0 Å². The first-order valence-electron chi connectivity index (χ1n) is 7.29. The largest absolute Gasteiger partial charge is 0.444 e. The SMILES string of the molecule is CC(C)(C)OC(=O)Nc1cc(-c2cc(C(F)(F)F)ccc2F)ccn1. The van der Waals surface area contributed by atoms with E-state index in [2.05, 4.69) is 10.3 Å². The molecule has 0 aliphatic rings. The maximum atomic E-state index is 14.0. The molecule has 0 spiro atoms. The third kappa shape index (κ3) is 5.17. The van der Waals surface area contributed by atoms with Gasteiger partial charge in [0.1, 0.15) is 17.2 Å². The van der Waals surface area contributed by atoms with E-state index in [1.807, 2.05) is 0 Å². The Morgan fingerprint density at radius 2 is 1.80 bits per heavy atom. The van der Waals surface area contributed by atoms with E-state index in [1.54, 1.807) is 20.8 Å². The summed E-state index contributed by atoms with van der Waals surface area (Å²) in [5, 5.41) is 2.36. The predicted molar refractivity (Wildman–Crippen MR) is 84.5 cm³/mol. The summed E-state index contributed by atoms with van der Waals surface area (Å²) >= 11 is 0. The number of anilines is 1. The Hall–Kier alpha value is -2.64. The highest BCUT2D eigenvalue weighted by Gasteiger charge is 2.31. The first kappa shape index (κ1) is 18.7. The van der Waals surface area contributed by atoms with Crippen molar-refractivity contribution in [1.29, 1.82) is 0 Å². The van der Waals surface area contributed by atoms with Crippen LogP contribution in [-0.2, 0) is 10.9 Å². The number of aromatic nitrogens is 1. The van der Waals surface area contributed by atoms with Gasteiger partial charge in [-0.25, -0.2) is 14.2 Å². The lowest BCUT2D eigenvalue weighted by Gasteiger charge is -2.19. The lowest BCUT2D eigenvalue weighted by Crippen LogP contribution is -2.27. The van der Waals surface area contributed by atoms with Gasteiger partial charge in [0, 0.05) is 11.8 Å². The van der Waals surface area contributed by atoms with Crippen LogP contribution in [0.5, 0.6) is 0 Å². The van der Waals surface area contributed by atoms with Gasteiger partial charge in [-0.15, -0.1) is 0 Å². The molecule has 2 rings (SSSR count). The third-order valence-corrected chi connectivity index (χ3v) is 2.99. The van der Waals surface area contributed by atoms with Gasteiger partial charge < -0.3 is 4.74 Å². The van der Waals surface area contributed by atoms with Crippen LogP contribution >= 0.6 is 0 Å². The number of nitrogens with one attached hydrogen (secondary N) is 1. The fourth-order valence-electron chi connectivity index (χ4n) is 2.00. The lowest BCUT2D eigenvalue weighted by atomic mass is 10.0. The molecule has 1 amide bonds. The quantitative estimate of drug-likeness (QED) is 0.748. The molecule has 1 N–H and O–H groups in total. The van der Waals surface area contributed by atoms with Gasteiger partial charge >= 0.3 is 12.3 Å². The second-order valence-corrected chi connectivity index (χ2v) is 6.25. The number of carbonyl (C=O) groups is 1. The topological polar surface area (TPSA) is 51.2 Å². The molecule has 0 aliphatic heterocycles. The number of rotatable bonds is 2. The van der Waals surface area contributed by atoms with Crippen LogP contribution in [0.2, 0.25) is 0 Å². The molecule has 8 heteroatoms. The maximum absolute atomic E-state index is 14.0. The van der Waals surface area contributed by atoms with Crippen molar-refractivity contribution < 1.29 is 27.1 Å². The molecule has 0 radical (unpaired) electrons. The molecule has 1 heterocycles. The number of halogens is 4. The number of carbonyl (C=O) groups excluding carboxylic acids is 1. The molecular weight excluding hydrogens is 340 g/mol. The van der Waals surface area contributed by atoms with Crippen molar-refractivity contribution in [2.45, 2.75) is 32.5 Å². The van der Waals surface area contributed by atoms with Gasteiger partial charge in [-0.1, -0.05) is 0 Å². The summed E-state index contributed by atoms with van der Waals surface area (Å²) in [6.07, 6.45) is -4.11. The second kappa shape index (κ2) is 6.70. The summed E-state index contributed by atoms with van der Waals surface area (Å²) in [6.45, 7) is 5.03. The summed E-state index contributed by atoms with van der Waals surface area (Å²) in [4.78, 5) is 15.6. The number of hydrogen-bond acceptors (Lipinski definition) is 3. The van der Waals surface area contributed by atoms with E-state index in [4.69, 9.17) is 4.74 Å². The van der Waals surface area contributed by atoms with Crippen molar-refractivity contribution in [1.82, 2.24) is 4.98 Å². The highest BCUT2D eigenvalue weighted by Crippen LogP contribution is 2.33. The van der Waals surface area contributed by atoms with Gasteiger partial charge in [0.25, 0.3) is 0 Å². The van der Waals surface area contributed by atoms with E-state index in [1.165, 1.54) is 18.3 Å². The summed E-state index contributed by atoms with van der Waals surface area (Å²) in [5.74, 6) is -0.786. The average molecular weight is 356 g/mol. The first-order chi connectivity index (χ1) is 11.5. The van der Waals surface area contributed by atoms with Gasteiger partial charge in [0.2, 0.25) is 0 Å². The van der Waals surface area contributed by atoms with Crippen molar-refractivity contribution in [3.8, 4) is 11.1 Å². The van der Waals surface area contributed by atoms with E-state index < -0.39 is 29.3 Å². The van der Waals surface area contributed by atoms with E-state index in [0.717, 1.165) is 6.07 Å². The third-order valence-electron chi connectivity index (χ3n) is 2.99. The van der Waals surface area contributed by atoms with Crippen LogP contribution < -0.4 is 5.32 Å². The molecule has 0 aliphatic carbocycles. The summed E-state index contributed by atoms with van der Waals surface area (Å²) in [6, 6.07) is 4.74. The van der Waals surface area contributed by atoms with Crippen LogP contribution in [0.15, 0.2) is 36.5 Å². The molecule has 0 fully saturated rings. The fourth-order valence-corrected chi connectivity index (χ4v) is 2.00. The normalized spacial score (nSPS) is 12.0. The van der Waals surface area contributed by atoms with Crippen LogP contribution in [0.1, 0.15) is 26.3 Å². The summed E-state index contributed by atoms with van der Waals surface area (Å²) in [5.41, 5.74) is -1.80. The van der Waals surface area contributed by atoms with Crippen molar-refractivity contribution in [2.75, 3.05) is 5.32 Å². The maximum Gasteiger partial charge on any atom is 0.416 e. The van der Waals surface area contributed by atoms with Gasteiger partial charge in [-0.05, 0) is 56.7 Å². The Bertz CT molecular complexity index is 783. The highest BCUT2D eigenvalue weighted by atomic mass is 19.4. The number of benzene rings is 1. The van der Waals surface area contributed by atoms with E-state index in [-0.39, 0.29) is 16.9 Å². The molecule has 1 aromatic carbocycles. The minimum Gasteiger partial charge on any atom is -0.444 e. The number of nitrogens with zero attached hydrogens (tertiary/aromatic N) is 1. The van der Waals surface area contributed by atoms with E-state index in [0.29, 0.717) is 12.1 Å². The zero-order valence-corrected chi connectivity index (χ0v) is 13.7.